The third kappa shape index (κ3) is 6.06. The summed E-state index contributed by atoms with van der Waals surface area (Å²) in [5, 5.41) is 12.9. The molecule has 1 saturated heterocycles. The van der Waals surface area contributed by atoms with E-state index in [1.54, 1.807) is 18.2 Å². The predicted octanol–water partition coefficient (Wildman–Crippen LogP) is 3.85. The lowest BCUT2D eigenvalue weighted by Gasteiger charge is -2.32. The molecule has 1 aromatic heterocycles. The van der Waals surface area contributed by atoms with E-state index in [-0.39, 0.29) is 5.91 Å². The van der Waals surface area contributed by atoms with Crippen molar-refractivity contribution in [2.75, 3.05) is 19.6 Å². The van der Waals surface area contributed by atoms with Crippen LogP contribution in [0.3, 0.4) is 0 Å². The molecular formula is C19H23Cl2N3O3. The Kier molecular flexibility index (Phi) is 7.83. The summed E-state index contributed by atoms with van der Waals surface area (Å²) in [5.41, 5.74) is 1.25. The fourth-order valence-corrected chi connectivity index (χ4v) is 3.32. The minimum Gasteiger partial charge on any atom is -0.481 e. The summed E-state index contributed by atoms with van der Waals surface area (Å²) >= 11 is 12.1. The number of piperazine rings is 1. The molecule has 1 aliphatic heterocycles. The van der Waals surface area contributed by atoms with Crippen molar-refractivity contribution in [3.8, 4) is 0 Å². The van der Waals surface area contributed by atoms with Crippen LogP contribution in [0.2, 0.25) is 10.2 Å². The van der Waals surface area contributed by atoms with Gasteiger partial charge >= 0.3 is 5.97 Å². The molecule has 1 amide bonds. The van der Waals surface area contributed by atoms with E-state index in [4.69, 9.17) is 28.3 Å². The van der Waals surface area contributed by atoms with Gasteiger partial charge < -0.3 is 15.3 Å². The van der Waals surface area contributed by atoms with Crippen molar-refractivity contribution in [2.45, 2.75) is 32.7 Å². The minimum absolute atomic E-state index is 0.0168. The molecule has 2 aromatic rings. The van der Waals surface area contributed by atoms with Crippen LogP contribution < -0.4 is 5.32 Å². The summed E-state index contributed by atoms with van der Waals surface area (Å²) in [6.07, 6.45) is 1.02. The van der Waals surface area contributed by atoms with Crippen LogP contribution in [-0.4, -0.2) is 52.5 Å². The Morgan fingerprint density at radius 3 is 2.67 bits per heavy atom. The highest BCUT2D eigenvalue weighted by atomic mass is 35.5. The number of benzene rings is 1. The maximum Gasteiger partial charge on any atom is 0.303 e. The van der Waals surface area contributed by atoms with Crippen LogP contribution in [0.1, 0.15) is 37.0 Å². The second-order valence-corrected chi connectivity index (χ2v) is 7.20. The lowest BCUT2D eigenvalue weighted by Crippen LogP contribution is -2.51. The first-order valence-corrected chi connectivity index (χ1v) is 9.57. The molecule has 2 heterocycles. The van der Waals surface area contributed by atoms with Crippen molar-refractivity contribution in [3.63, 3.8) is 0 Å². The average molecular weight is 412 g/mol. The van der Waals surface area contributed by atoms with Crippen LogP contribution >= 0.6 is 23.2 Å². The number of aromatic nitrogens is 1. The number of nitrogens with zero attached hydrogens (tertiary/aromatic N) is 2. The van der Waals surface area contributed by atoms with Crippen LogP contribution in [0.5, 0.6) is 0 Å². The number of pyridine rings is 1. The Morgan fingerprint density at radius 1 is 1.33 bits per heavy atom. The van der Waals surface area contributed by atoms with Gasteiger partial charge in [-0.05, 0) is 31.5 Å². The van der Waals surface area contributed by atoms with Gasteiger partial charge in [-0.2, -0.15) is 0 Å². The van der Waals surface area contributed by atoms with Crippen molar-refractivity contribution < 1.29 is 14.7 Å². The van der Waals surface area contributed by atoms with Crippen molar-refractivity contribution in [1.29, 1.82) is 0 Å². The fourth-order valence-electron chi connectivity index (χ4n) is 2.80. The lowest BCUT2D eigenvalue weighted by molar-refractivity contribution is -0.137. The molecule has 1 fully saturated rings. The van der Waals surface area contributed by atoms with E-state index < -0.39 is 5.97 Å². The number of hydrogen-bond acceptors (Lipinski definition) is 4. The topological polar surface area (TPSA) is 82.5 Å². The van der Waals surface area contributed by atoms with E-state index in [1.807, 2.05) is 17.9 Å². The fraction of sp³-hybridized carbons (Fsp3) is 0.421. The number of hydrogen-bond donors (Lipinski definition) is 2. The number of aliphatic carboxylic acids is 1. The Hall–Kier alpha value is -1.89. The van der Waals surface area contributed by atoms with Gasteiger partial charge in [0.1, 0.15) is 5.15 Å². The summed E-state index contributed by atoms with van der Waals surface area (Å²) in [6, 6.07) is 7.27. The highest BCUT2D eigenvalue weighted by Crippen LogP contribution is 2.26. The molecule has 0 saturated carbocycles. The second-order valence-electron chi connectivity index (χ2n) is 6.41. The molecule has 1 atom stereocenters. The van der Waals surface area contributed by atoms with Crippen LogP contribution in [-0.2, 0) is 4.79 Å². The zero-order valence-electron chi connectivity index (χ0n) is 15.3. The molecule has 0 radical (unpaired) electrons. The first-order chi connectivity index (χ1) is 12.8. The van der Waals surface area contributed by atoms with Gasteiger partial charge in [0.05, 0.1) is 10.5 Å². The third-order valence-corrected chi connectivity index (χ3v) is 4.60. The Balaban J connectivity index is 0.000000380. The van der Waals surface area contributed by atoms with E-state index >= 15 is 0 Å². The van der Waals surface area contributed by atoms with E-state index in [9.17, 15) is 9.59 Å². The Labute approximate surface area is 168 Å². The summed E-state index contributed by atoms with van der Waals surface area (Å²) in [4.78, 5) is 28.3. The van der Waals surface area contributed by atoms with Gasteiger partial charge in [-0.1, -0.05) is 36.2 Å². The summed E-state index contributed by atoms with van der Waals surface area (Å²) in [5.74, 6) is -0.694. The summed E-state index contributed by atoms with van der Waals surface area (Å²) in [6.45, 7) is 6.15. The van der Waals surface area contributed by atoms with Crippen LogP contribution in [0.15, 0.2) is 24.3 Å². The highest BCUT2D eigenvalue weighted by Gasteiger charge is 2.22. The predicted molar refractivity (Wildman–Crippen MR) is 108 cm³/mol. The van der Waals surface area contributed by atoms with Crippen molar-refractivity contribution in [3.05, 3.63) is 40.0 Å². The van der Waals surface area contributed by atoms with Gasteiger partial charge in [-0.3, -0.25) is 9.59 Å². The average Bonchev–Trinajstić information content (AvgIpc) is 2.61. The van der Waals surface area contributed by atoms with E-state index in [0.717, 1.165) is 18.4 Å². The monoisotopic (exact) mass is 411 g/mol. The van der Waals surface area contributed by atoms with Gasteiger partial charge in [0.15, 0.2) is 0 Å². The molecule has 0 spiro atoms. The van der Waals surface area contributed by atoms with E-state index in [1.165, 1.54) is 0 Å². The van der Waals surface area contributed by atoms with Gasteiger partial charge in [0.25, 0.3) is 5.91 Å². The molecule has 0 aliphatic carbocycles. The maximum absolute atomic E-state index is 12.6. The van der Waals surface area contributed by atoms with E-state index in [0.29, 0.717) is 46.8 Å². The quantitative estimate of drug-likeness (QED) is 0.749. The Bertz CT molecular complexity index is 829. The van der Waals surface area contributed by atoms with Crippen LogP contribution in [0.4, 0.5) is 0 Å². The standard InChI is InChI=1S/C15H15Cl2N3O.C4H8O2/c1-9-8-20(5-4-18-9)15(21)10-2-3-11-12(16)7-14(17)19-13(11)6-10;1-2-3-4(5)6/h2-3,6-7,9,18H,4-5,8H2,1H3;2-3H2,1H3,(H,5,6)/t9-;/m1./s1. The van der Waals surface area contributed by atoms with Crippen molar-refractivity contribution in [1.82, 2.24) is 15.2 Å². The molecule has 1 aromatic carbocycles. The lowest BCUT2D eigenvalue weighted by atomic mass is 10.1. The van der Waals surface area contributed by atoms with Gasteiger partial charge in [0, 0.05) is 43.0 Å². The molecule has 3 rings (SSSR count). The van der Waals surface area contributed by atoms with Crippen molar-refractivity contribution in [2.24, 2.45) is 0 Å². The molecule has 0 bridgehead atoms. The zero-order valence-corrected chi connectivity index (χ0v) is 16.8. The Morgan fingerprint density at radius 2 is 2.07 bits per heavy atom. The number of carboxylic acids is 1. The molecule has 2 N–H and O–H groups in total. The first kappa shape index (κ1) is 21.4. The summed E-state index contributed by atoms with van der Waals surface area (Å²) < 4.78 is 0. The second kappa shape index (κ2) is 9.88. The molecule has 0 unspecified atom stereocenters. The van der Waals surface area contributed by atoms with Crippen molar-refractivity contribution >= 4 is 46.0 Å². The third-order valence-electron chi connectivity index (χ3n) is 4.09. The first-order valence-electron chi connectivity index (χ1n) is 8.82. The van der Waals surface area contributed by atoms with Gasteiger partial charge in [0.2, 0.25) is 0 Å². The smallest absolute Gasteiger partial charge is 0.303 e. The maximum atomic E-state index is 12.6. The summed E-state index contributed by atoms with van der Waals surface area (Å²) in [7, 11) is 0. The number of rotatable bonds is 3. The number of fused-ring (bicyclic) bond motifs is 1. The number of carbonyl (C=O) groups is 2. The molecule has 1 aliphatic rings. The SMILES string of the molecule is CCCC(=O)O.C[C@@H]1CN(C(=O)c2ccc3c(Cl)cc(Cl)nc3c2)CCN1. The number of carboxylic acid groups (broad SMARTS) is 1. The molecular weight excluding hydrogens is 389 g/mol. The largest absolute Gasteiger partial charge is 0.481 e. The molecule has 6 nitrogen and oxygen atoms in total. The van der Waals surface area contributed by atoms with Gasteiger partial charge in [-0.25, -0.2) is 4.98 Å². The zero-order chi connectivity index (χ0) is 20.0. The minimum atomic E-state index is -0.711. The number of carbonyl (C=O) groups excluding carboxylic acids is 1. The molecule has 8 heteroatoms. The number of halogens is 2. The van der Waals surface area contributed by atoms with Gasteiger partial charge in [-0.15, -0.1) is 0 Å². The number of nitrogens with one attached hydrogen (secondary N) is 1. The van der Waals surface area contributed by atoms with E-state index in [2.05, 4.69) is 17.2 Å². The molecule has 27 heavy (non-hydrogen) atoms. The normalized spacial score (nSPS) is 16.6. The van der Waals surface area contributed by atoms with Crippen LogP contribution in [0.25, 0.3) is 10.9 Å². The number of amides is 1. The highest BCUT2D eigenvalue weighted by molar-refractivity contribution is 6.37. The molecule has 146 valence electrons. The van der Waals surface area contributed by atoms with Crippen LogP contribution in [0, 0.1) is 0 Å².